The summed E-state index contributed by atoms with van der Waals surface area (Å²) >= 11 is 0. The Labute approximate surface area is 206 Å². The van der Waals surface area contributed by atoms with Crippen molar-refractivity contribution in [1.82, 2.24) is 21.1 Å². The lowest BCUT2D eigenvalue weighted by molar-refractivity contribution is -0.274. The monoisotopic (exact) mass is 509 g/mol. The Bertz CT molecular complexity index is 1070. The maximum atomic E-state index is 12.8. The second kappa shape index (κ2) is 10.4. The summed E-state index contributed by atoms with van der Waals surface area (Å²) in [7, 11) is 0. The molecule has 2 fully saturated rings. The first-order valence-electron chi connectivity index (χ1n) is 11.9. The summed E-state index contributed by atoms with van der Waals surface area (Å²) in [6, 6.07) is 4.72. The molecule has 0 aliphatic carbocycles. The standard InChI is InChI=1S/C24H30F3N5O4/c1-15-21(16(2)36-31-15)32-10-6-18(7-11-32)23(8-9-28-14-23)30-20(33)13-29-22(34)17-4-3-5-19(12-17)35-24(25,26)27/h3-5,12,18,28H,6-11,13-14H2,1-2H3,(H,29,34)(H,30,33)/t23-/m0/s1. The van der Waals surface area contributed by atoms with E-state index in [0.29, 0.717) is 6.54 Å². The van der Waals surface area contributed by atoms with Gasteiger partial charge in [-0.2, -0.15) is 0 Å². The summed E-state index contributed by atoms with van der Waals surface area (Å²) in [6.07, 6.45) is -2.32. The number of piperidine rings is 1. The number of nitrogens with zero attached hydrogens (tertiary/aromatic N) is 2. The van der Waals surface area contributed by atoms with Crippen molar-refractivity contribution in [2.75, 3.05) is 37.6 Å². The lowest BCUT2D eigenvalue weighted by Crippen LogP contribution is -2.59. The Balaban J connectivity index is 1.33. The molecule has 0 saturated carbocycles. The number of carbonyl (C=O) groups excluding carboxylic acids is 2. The molecule has 2 aliphatic heterocycles. The number of carbonyl (C=O) groups is 2. The first-order chi connectivity index (χ1) is 17.1. The third kappa shape index (κ3) is 5.92. The highest BCUT2D eigenvalue weighted by atomic mass is 19.4. The maximum Gasteiger partial charge on any atom is 0.573 e. The van der Waals surface area contributed by atoms with Crippen molar-refractivity contribution in [2.45, 2.75) is 45.0 Å². The highest BCUT2D eigenvalue weighted by Crippen LogP contribution is 2.36. The van der Waals surface area contributed by atoms with Crippen LogP contribution in [-0.2, 0) is 4.79 Å². The predicted molar refractivity (Wildman–Crippen MR) is 125 cm³/mol. The van der Waals surface area contributed by atoms with Crippen LogP contribution in [0.25, 0.3) is 0 Å². The van der Waals surface area contributed by atoms with E-state index in [0.717, 1.165) is 68.2 Å². The Morgan fingerprint density at radius 3 is 2.64 bits per heavy atom. The lowest BCUT2D eigenvalue weighted by atomic mass is 9.76. The zero-order chi connectivity index (χ0) is 25.9. The van der Waals surface area contributed by atoms with Crippen molar-refractivity contribution < 1.29 is 32.0 Å². The molecule has 12 heteroatoms. The van der Waals surface area contributed by atoms with Gasteiger partial charge in [0.2, 0.25) is 5.91 Å². The molecule has 0 radical (unpaired) electrons. The predicted octanol–water partition coefficient (Wildman–Crippen LogP) is 2.68. The number of hydrogen-bond donors (Lipinski definition) is 3. The lowest BCUT2D eigenvalue weighted by Gasteiger charge is -2.43. The Hall–Kier alpha value is -3.28. The van der Waals surface area contributed by atoms with Crippen LogP contribution in [-0.4, -0.2) is 61.6 Å². The fourth-order valence-corrected chi connectivity index (χ4v) is 5.27. The van der Waals surface area contributed by atoms with Crippen LogP contribution in [0.2, 0.25) is 0 Å². The molecular weight excluding hydrogens is 479 g/mol. The maximum absolute atomic E-state index is 12.8. The van der Waals surface area contributed by atoms with E-state index in [4.69, 9.17) is 4.52 Å². The molecule has 0 bridgehead atoms. The average molecular weight is 510 g/mol. The molecule has 2 aliphatic rings. The first kappa shape index (κ1) is 25.8. The van der Waals surface area contributed by atoms with Crippen molar-refractivity contribution in [3.63, 3.8) is 0 Å². The molecule has 2 saturated heterocycles. The minimum absolute atomic E-state index is 0.0338. The van der Waals surface area contributed by atoms with Crippen LogP contribution < -0.4 is 25.6 Å². The number of amides is 2. The largest absolute Gasteiger partial charge is 0.573 e. The van der Waals surface area contributed by atoms with E-state index in [1.807, 2.05) is 13.8 Å². The van der Waals surface area contributed by atoms with Gasteiger partial charge in [0, 0.05) is 25.2 Å². The number of anilines is 1. The third-order valence-corrected chi connectivity index (χ3v) is 6.90. The molecule has 2 amide bonds. The molecule has 9 nitrogen and oxygen atoms in total. The highest BCUT2D eigenvalue weighted by molar-refractivity contribution is 5.96. The quantitative estimate of drug-likeness (QED) is 0.527. The molecule has 4 rings (SSSR count). The van der Waals surface area contributed by atoms with Crippen molar-refractivity contribution in [3.8, 4) is 5.75 Å². The Morgan fingerprint density at radius 1 is 1.28 bits per heavy atom. The summed E-state index contributed by atoms with van der Waals surface area (Å²) in [6.45, 7) is 6.59. The van der Waals surface area contributed by atoms with E-state index in [9.17, 15) is 22.8 Å². The van der Waals surface area contributed by atoms with Gasteiger partial charge >= 0.3 is 6.36 Å². The zero-order valence-corrected chi connectivity index (χ0v) is 20.2. The Morgan fingerprint density at radius 2 is 2.03 bits per heavy atom. The number of hydrogen-bond acceptors (Lipinski definition) is 7. The van der Waals surface area contributed by atoms with Crippen molar-refractivity contribution >= 4 is 17.5 Å². The summed E-state index contributed by atoms with van der Waals surface area (Å²) < 4.78 is 46.5. The van der Waals surface area contributed by atoms with Gasteiger partial charge in [-0.3, -0.25) is 9.59 Å². The number of ether oxygens (including phenoxy) is 1. The van der Waals surface area contributed by atoms with Gasteiger partial charge in [-0.05, 0) is 63.8 Å². The molecular formula is C24H30F3N5O4. The highest BCUT2D eigenvalue weighted by Gasteiger charge is 2.44. The van der Waals surface area contributed by atoms with Crippen molar-refractivity contribution in [2.24, 2.45) is 5.92 Å². The van der Waals surface area contributed by atoms with Crippen LogP contribution in [0.4, 0.5) is 18.9 Å². The van der Waals surface area contributed by atoms with Crippen LogP contribution in [0, 0.1) is 19.8 Å². The van der Waals surface area contributed by atoms with E-state index < -0.39 is 23.6 Å². The number of rotatable bonds is 7. The first-order valence-corrected chi connectivity index (χ1v) is 11.9. The van der Waals surface area contributed by atoms with Crippen molar-refractivity contribution in [3.05, 3.63) is 41.3 Å². The minimum atomic E-state index is -4.86. The van der Waals surface area contributed by atoms with E-state index in [2.05, 4.69) is 30.7 Å². The number of nitrogens with one attached hydrogen (secondary N) is 3. The second-order valence-corrected chi connectivity index (χ2v) is 9.32. The zero-order valence-electron chi connectivity index (χ0n) is 20.2. The minimum Gasteiger partial charge on any atom is -0.406 e. The van der Waals surface area contributed by atoms with Crippen LogP contribution in [0.3, 0.4) is 0 Å². The summed E-state index contributed by atoms with van der Waals surface area (Å²) in [4.78, 5) is 27.5. The van der Waals surface area contributed by atoms with Crippen LogP contribution in [0.5, 0.6) is 5.75 Å². The fraction of sp³-hybridized carbons (Fsp3) is 0.542. The molecule has 36 heavy (non-hydrogen) atoms. The third-order valence-electron chi connectivity index (χ3n) is 6.90. The van der Waals surface area contributed by atoms with Crippen LogP contribution in [0.15, 0.2) is 28.8 Å². The number of aryl methyl sites for hydroxylation is 2. The number of alkyl halides is 3. The van der Waals surface area contributed by atoms with Crippen LogP contribution in [0.1, 0.15) is 41.1 Å². The van der Waals surface area contributed by atoms with Gasteiger partial charge in [-0.25, -0.2) is 0 Å². The topological polar surface area (TPSA) is 109 Å². The molecule has 2 aromatic rings. The Kier molecular flexibility index (Phi) is 7.43. The van der Waals surface area contributed by atoms with E-state index in [1.54, 1.807) is 0 Å². The molecule has 3 N–H and O–H groups in total. The second-order valence-electron chi connectivity index (χ2n) is 9.32. The van der Waals surface area contributed by atoms with Crippen LogP contribution >= 0.6 is 0 Å². The molecule has 1 aromatic heterocycles. The fourth-order valence-electron chi connectivity index (χ4n) is 5.27. The van der Waals surface area contributed by atoms with Gasteiger partial charge < -0.3 is 30.1 Å². The molecule has 3 heterocycles. The van der Waals surface area contributed by atoms with Gasteiger partial charge in [0.25, 0.3) is 5.91 Å². The SMILES string of the molecule is Cc1noc(C)c1N1CCC([C@]2(NC(=O)CNC(=O)c3cccc(OC(F)(F)F)c3)CCNC2)CC1. The van der Waals surface area contributed by atoms with Gasteiger partial charge in [-0.15, -0.1) is 13.2 Å². The van der Waals surface area contributed by atoms with Gasteiger partial charge in [0.1, 0.15) is 17.1 Å². The average Bonchev–Trinajstić information content (AvgIpc) is 3.43. The van der Waals surface area contributed by atoms with E-state index in [-0.39, 0.29) is 23.9 Å². The normalized spacial score (nSPS) is 20.9. The number of aromatic nitrogens is 1. The summed E-state index contributed by atoms with van der Waals surface area (Å²) in [5, 5.41) is 13.0. The van der Waals surface area contributed by atoms with Gasteiger partial charge in [-0.1, -0.05) is 11.2 Å². The molecule has 1 aromatic carbocycles. The van der Waals surface area contributed by atoms with Crippen molar-refractivity contribution in [1.29, 1.82) is 0 Å². The summed E-state index contributed by atoms with van der Waals surface area (Å²) in [5.74, 6) is -0.464. The summed E-state index contributed by atoms with van der Waals surface area (Å²) in [5.41, 5.74) is 1.44. The molecule has 0 spiro atoms. The van der Waals surface area contributed by atoms with E-state index >= 15 is 0 Å². The molecule has 196 valence electrons. The van der Waals surface area contributed by atoms with Gasteiger partial charge in [0.15, 0.2) is 5.76 Å². The van der Waals surface area contributed by atoms with E-state index in [1.165, 1.54) is 12.1 Å². The van der Waals surface area contributed by atoms with Gasteiger partial charge in [0.05, 0.1) is 12.1 Å². The smallest absolute Gasteiger partial charge is 0.406 e. The molecule has 0 unspecified atom stereocenters. The molecule has 1 atom stereocenters. The number of benzene rings is 1. The number of halogens is 3.